The smallest absolute Gasteiger partial charge is 0.409 e. The van der Waals surface area contributed by atoms with Crippen LogP contribution < -0.4 is 4.74 Å². The third kappa shape index (κ3) is 2.56. The molecule has 2 heterocycles. The molecule has 0 bridgehead atoms. The van der Waals surface area contributed by atoms with Gasteiger partial charge >= 0.3 is 6.09 Å². The van der Waals surface area contributed by atoms with Gasteiger partial charge in [-0.1, -0.05) is 12.1 Å². The molecule has 1 saturated carbocycles. The normalized spacial score (nSPS) is 22.1. The van der Waals surface area contributed by atoms with Gasteiger partial charge in [-0.15, -0.1) is 0 Å². The average molecular weight is 329 g/mol. The van der Waals surface area contributed by atoms with Gasteiger partial charge in [0.25, 0.3) is 0 Å². The first-order valence-electron chi connectivity index (χ1n) is 8.38. The Balaban J connectivity index is 1.45. The fourth-order valence-corrected chi connectivity index (χ4v) is 3.27. The van der Waals surface area contributed by atoms with Crippen molar-refractivity contribution in [2.45, 2.75) is 31.3 Å². The molecule has 1 spiro atoms. The number of nitrogens with zero attached hydrogens (tertiary/aromatic N) is 1. The number of para-hydroxylation sites is 1. The molecule has 1 amide bonds. The fraction of sp³-hybridized carbons (Fsp3) is 0.500. The van der Waals surface area contributed by atoms with E-state index in [2.05, 4.69) is 0 Å². The largest absolute Gasteiger partial charge is 0.478 e. The van der Waals surface area contributed by atoms with Crippen molar-refractivity contribution in [3.05, 3.63) is 29.8 Å². The zero-order chi connectivity index (χ0) is 16.7. The number of rotatable bonds is 2. The second-order valence-electron chi connectivity index (χ2n) is 6.76. The molecule has 1 aromatic carbocycles. The summed E-state index contributed by atoms with van der Waals surface area (Å²) in [5.41, 5.74) is -0.821. The summed E-state index contributed by atoms with van der Waals surface area (Å²) in [5, 5.41) is 0. The molecule has 1 saturated heterocycles. The van der Waals surface area contributed by atoms with Crippen molar-refractivity contribution in [3.63, 3.8) is 0 Å². The van der Waals surface area contributed by atoms with E-state index in [1.54, 1.807) is 29.2 Å². The van der Waals surface area contributed by atoms with Crippen LogP contribution in [-0.2, 0) is 9.53 Å². The first kappa shape index (κ1) is 15.2. The van der Waals surface area contributed by atoms with E-state index >= 15 is 0 Å². The van der Waals surface area contributed by atoms with E-state index in [1.165, 1.54) is 0 Å². The number of likely N-dealkylation sites (tertiary alicyclic amines) is 1. The van der Waals surface area contributed by atoms with Crippen molar-refractivity contribution in [1.82, 2.24) is 4.90 Å². The van der Waals surface area contributed by atoms with Crippen LogP contribution in [0, 0.1) is 5.92 Å². The second-order valence-corrected chi connectivity index (χ2v) is 6.76. The molecule has 0 aromatic heterocycles. The lowest BCUT2D eigenvalue weighted by Crippen LogP contribution is -2.58. The van der Waals surface area contributed by atoms with Gasteiger partial charge in [0.15, 0.2) is 5.60 Å². The Morgan fingerprint density at radius 3 is 2.62 bits per heavy atom. The topological polar surface area (TPSA) is 72.9 Å². The van der Waals surface area contributed by atoms with Crippen LogP contribution in [0.5, 0.6) is 5.75 Å². The summed E-state index contributed by atoms with van der Waals surface area (Å²) < 4.78 is 11.2. The summed E-state index contributed by atoms with van der Waals surface area (Å²) in [6, 6.07) is 6.80. The average Bonchev–Trinajstić information content (AvgIpc) is 3.43. The molecule has 0 radical (unpaired) electrons. The quantitative estimate of drug-likeness (QED) is 0.778. The van der Waals surface area contributed by atoms with Crippen LogP contribution in [0.1, 0.15) is 36.0 Å². The zero-order valence-electron chi connectivity index (χ0n) is 13.3. The molecule has 6 heteroatoms. The number of carbonyl (C=O) groups is 3. The first-order valence-corrected chi connectivity index (χ1v) is 8.38. The SMILES string of the molecule is O=C1C(=O)C2(CCN(C(=O)OCC3CC3)CC2)Oc2ccccc21. The van der Waals surface area contributed by atoms with Crippen LogP contribution >= 0.6 is 0 Å². The predicted molar refractivity (Wildman–Crippen MR) is 84.0 cm³/mol. The number of ether oxygens (including phenoxy) is 2. The highest BCUT2D eigenvalue weighted by Crippen LogP contribution is 2.37. The van der Waals surface area contributed by atoms with Gasteiger partial charge in [0.1, 0.15) is 5.75 Å². The van der Waals surface area contributed by atoms with E-state index in [9.17, 15) is 14.4 Å². The number of amides is 1. The summed E-state index contributed by atoms with van der Waals surface area (Å²) in [5.74, 6) is -0.0388. The number of hydrogen-bond donors (Lipinski definition) is 0. The van der Waals surface area contributed by atoms with Crippen LogP contribution in [-0.4, -0.2) is 47.9 Å². The van der Waals surface area contributed by atoms with Gasteiger partial charge < -0.3 is 14.4 Å². The van der Waals surface area contributed by atoms with Crippen molar-refractivity contribution in [2.75, 3.05) is 19.7 Å². The molecule has 2 aliphatic heterocycles. The van der Waals surface area contributed by atoms with Crippen LogP contribution in [0.15, 0.2) is 24.3 Å². The predicted octanol–water partition coefficient (Wildman–Crippen LogP) is 2.21. The van der Waals surface area contributed by atoms with E-state index in [0.717, 1.165) is 12.8 Å². The lowest BCUT2D eigenvalue weighted by molar-refractivity contribution is -0.134. The van der Waals surface area contributed by atoms with Gasteiger partial charge in [-0.25, -0.2) is 4.79 Å². The minimum absolute atomic E-state index is 0.310. The summed E-state index contributed by atoms with van der Waals surface area (Å²) in [6.07, 6.45) is 2.53. The minimum Gasteiger partial charge on any atom is -0.478 e. The van der Waals surface area contributed by atoms with Crippen molar-refractivity contribution < 1.29 is 23.9 Å². The van der Waals surface area contributed by atoms with Gasteiger partial charge in [-0.05, 0) is 30.9 Å². The maximum absolute atomic E-state index is 12.6. The fourth-order valence-electron chi connectivity index (χ4n) is 3.27. The lowest BCUT2D eigenvalue weighted by atomic mass is 9.81. The van der Waals surface area contributed by atoms with Gasteiger partial charge in [0.2, 0.25) is 11.6 Å². The number of piperidine rings is 1. The number of hydrogen-bond acceptors (Lipinski definition) is 5. The van der Waals surface area contributed by atoms with Crippen molar-refractivity contribution in [1.29, 1.82) is 0 Å². The lowest BCUT2D eigenvalue weighted by Gasteiger charge is -2.42. The number of Topliss-reactive ketones (excluding diaryl/α,β-unsaturated/α-hetero) is 2. The van der Waals surface area contributed by atoms with Crippen LogP contribution in [0.3, 0.4) is 0 Å². The van der Waals surface area contributed by atoms with Gasteiger partial charge in [-0.3, -0.25) is 9.59 Å². The molecule has 0 atom stereocenters. The Kier molecular flexibility index (Phi) is 3.55. The molecule has 0 N–H and O–H groups in total. The summed E-state index contributed by atoms with van der Waals surface area (Å²) in [4.78, 5) is 38.6. The molecule has 2 fully saturated rings. The van der Waals surface area contributed by atoms with E-state index < -0.39 is 17.2 Å². The third-order valence-corrected chi connectivity index (χ3v) is 5.03. The highest BCUT2D eigenvalue weighted by molar-refractivity contribution is 6.47. The van der Waals surface area contributed by atoms with Crippen LogP contribution in [0.2, 0.25) is 0 Å². The van der Waals surface area contributed by atoms with Gasteiger partial charge in [-0.2, -0.15) is 0 Å². The molecule has 1 aromatic rings. The van der Waals surface area contributed by atoms with Crippen LogP contribution in [0.25, 0.3) is 0 Å². The van der Waals surface area contributed by atoms with Gasteiger partial charge in [0.05, 0.1) is 12.2 Å². The highest BCUT2D eigenvalue weighted by Gasteiger charge is 2.51. The van der Waals surface area contributed by atoms with E-state index in [1.807, 2.05) is 0 Å². The van der Waals surface area contributed by atoms with Gasteiger partial charge in [0, 0.05) is 25.9 Å². The standard InChI is InChI=1S/C18H19NO5/c20-15-13-3-1-2-4-14(13)24-18(16(15)21)7-9-19(10-8-18)17(22)23-11-12-5-6-12/h1-4,12H,5-11H2. The summed E-state index contributed by atoms with van der Waals surface area (Å²) in [7, 11) is 0. The highest BCUT2D eigenvalue weighted by atomic mass is 16.6. The molecule has 6 nitrogen and oxygen atoms in total. The molecule has 4 rings (SSSR count). The van der Waals surface area contributed by atoms with E-state index in [4.69, 9.17) is 9.47 Å². The molecule has 3 aliphatic rings. The van der Waals surface area contributed by atoms with Crippen molar-refractivity contribution in [3.8, 4) is 5.75 Å². The zero-order valence-corrected chi connectivity index (χ0v) is 13.3. The Bertz CT molecular complexity index is 701. The molecular weight excluding hydrogens is 310 g/mol. The monoisotopic (exact) mass is 329 g/mol. The first-order chi connectivity index (χ1) is 11.6. The minimum atomic E-state index is -1.14. The Morgan fingerprint density at radius 2 is 1.92 bits per heavy atom. The Labute approximate surface area is 139 Å². The maximum atomic E-state index is 12.6. The van der Waals surface area contributed by atoms with E-state index in [-0.39, 0.29) is 6.09 Å². The summed E-state index contributed by atoms with van der Waals surface area (Å²) in [6.45, 7) is 1.18. The number of ketones is 2. The van der Waals surface area contributed by atoms with Crippen LogP contribution in [0.4, 0.5) is 4.79 Å². The number of benzene rings is 1. The third-order valence-electron chi connectivity index (χ3n) is 5.03. The molecule has 126 valence electrons. The molecule has 24 heavy (non-hydrogen) atoms. The van der Waals surface area contributed by atoms with Crippen molar-refractivity contribution >= 4 is 17.7 Å². The maximum Gasteiger partial charge on any atom is 0.409 e. The number of fused-ring (bicyclic) bond motifs is 1. The van der Waals surface area contributed by atoms with Crippen molar-refractivity contribution in [2.24, 2.45) is 5.92 Å². The Hall–Kier alpha value is -2.37. The number of carbonyl (C=O) groups excluding carboxylic acids is 3. The molecule has 0 unspecified atom stereocenters. The second kappa shape index (κ2) is 5.61. The van der Waals surface area contributed by atoms with E-state index in [0.29, 0.717) is 49.8 Å². The molecule has 1 aliphatic carbocycles. The Morgan fingerprint density at radius 1 is 1.21 bits per heavy atom. The molecular formula is C18H19NO5. The summed E-state index contributed by atoms with van der Waals surface area (Å²) >= 11 is 0.